The van der Waals surface area contributed by atoms with Gasteiger partial charge in [0.1, 0.15) is 5.82 Å². The summed E-state index contributed by atoms with van der Waals surface area (Å²) in [7, 11) is 0. The predicted octanol–water partition coefficient (Wildman–Crippen LogP) is 4.28. The van der Waals surface area contributed by atoms with E-state index >= 15 is 0 Å². The molecule has 0 spiro atoms. The highest BCUT2D eigenvalue weighted by molar-refractivity contribution is 7.11. The van der Waals surface area contributed by atoms with Crippen molar-refractivity contribution in [1.82, 2.24) is 14.9 Å². The Morgan fingerprint density at radius 1 is 1.24 bits per heavy atom. The Bertz CT molecular complexity index is 741. The van der Waals surface area contributed by atoms with Gasteiger partial charge in [0.05, 0.1) is 17.1 Å². The number of aryl methyl sites for hydroxylation is 2. The van der Waals surface area contributed by atoms with Crippen LogP contribution in [0.15, 0.2) is 36.4 Å². The zero-order chi connectivity index (χ0) is 14.8. The van der Waals surface area contributed by atoms with Crippen molar-refractivity contribution < 1.29 is 0 Å². The van der Waals surface area contributed by atoms with Crippen LogP contribution in [-0.2, 0) is 13.1 Å². The molecule has 0 aliphatic heterocycles. The molecule has 0 radical (unpaired) electrons. The fraction of sp³-hybridized carbons (Fsp3) is 0.353. The Hall–Kier alpha value is -1.65. The maximum Gasteiger partial charge on any atom is 0.126 e. The first-order chi connectivity index (χ1) is 10.2. The van der Waals surface area contributed by atoms with E-state index < -0.39 is 0 Å². The number of fused-ring (bicyclic) bond motifs is 1. The summed E-state index contributed by atoms with van der Waals surface area (Å²) >= 11 is 1.85. The number of rotatable bonds is 5. The summed E-state index contributed by atoms with van der Waals surface area (Å²) in [6, 6.07) is 13.0. The molecule has 3 aromatic rings. The molecule has 110 valence electrons. The molecule has 1 atom stereocenters. The van der Waals surface area contributed by atoms with Crippen LogP contribution in [0.25, 0.3) is 11.0 Å². The molecule has 1 N–H and O–H groups in total. The second kappa shape index (κ2) is 6.00. The van der Waals surface area contributed by atoms with Crippen molar-refractivity contribution in [3.05, 3.63) is 52.0 Å². The van der Waals surface area contributed by atoms with Gasteiger partial charge in [0.15, 0.2) is 0 Å². The SMILES string of the molecule is CCn1c(C(C)NCc2ccc(C)s2)nc2ccccc21. The number of benzene rings is 1. The van der Waals surface area contributed by atoms with Crippen molar-refractivity contribution in [3.8, 4) is 0 Å². The highest BCUT2D eigenvalue weighted by Crippen LogP contribution is 2.22. The molecule has 1 aromatic carbocycles. The molecule has 0 saturated heterocycles. The zero-order valence-electron chi connectivity index (χ0n) is 12.8. The molecule has 0 aliphatic rings. The van der Waals surface area contributed by atoms with Gasteiger partial charge < -0.3 is 9.88 Å². The minimum Gasteiger partial charge on any atom is -0.327 e. The Morgan fingerprint density at radius 2 is 2.05 bits per heavy atom. The molecule has 0 saturated carbocycles. The molecule has 0 bridgehead atoms. The Balaban J connectivity index is 1.82. The fourth-order valence-electron chi connectivity index (χ4n) is 2.68. The van der Waals surface area contributed by atoms with E-state index in [4.69, 9.17) is 4.98 Å². The topological polar surface area (TPSA) is 29.9 Å². The van der Waals surface area contributed by atoms with Crippen LogP contribution in [0, 0.1) is 6.92 Å². The number of hydrogen-bond donors (Lipinski definition) is 1. The molecule has 1 unspecified atom stereocenters. The third kappa shape index (κ3) is 2.87. The maximum atomic E-state index is 4.80. The van der Waals surface area contributed by atoms with E-state index in [1.807, 2.05) is 17.4 Å². The van der Waals surface area contributed by atoms with E-state index in [0.29, 0.717) is 0 Å². The minimum absolute atomic E-state index is 0.236. The van der Waals surface area contributed by atoms with E-state index in [1.165, 1.54) is 15.3 Å². The molecule has 2 aromatic heterocycles. The van der Waals surface area contributed by atoms with Crippen molar-refractivity contribution in [2.45, 2.75) is 39.9 Å². The normalized spacial score (nSPS) is 12.9. The van der Waals surface area contributed by atoms with E-state index in [2.05, 4.69) is 61.0 Å². The van der Waals surface area contributed by atoms with Gasteiger partial charge in [0, 0.05) is 22.8 Å². The van der Waals surface area contributed by atoms with Crippen molar-refractivity contribution in [2.24, 2.45) is 0 Å². The first kappa shape index (κ1) is 14.3. The lowest BCUT2D eigenvalue weighted by atomic mass is 10.3. The van der Waals surface area contributed by atoms with E-state index in [-0.39, 0.29) is 6.04 Å². The van der Waals surface area contributed by atoms with Gasteiger partial charge >= 0.3 is 0 Å². The molecule has 2 heterocycles. The molecule has 0 fully saturated rings. The average molecular weight is 299 g/mol. The monoisotopic (exact) mass is 299 g/mol. The minimum atomic E-state index is 0.236. The van der Waals surface area contributed by atoms with Crippen molar-refractivity contribution >= 4 is 22.4 Å². The summed E-state index contributed by atoms with van der Waals surface area (Å²) in [6.45, 7) is 8.35. The lowest BCUT2D eigenvalue weighted by Gasteiger charge is -2.14. The summed E-state index contributed by atoms with van der Waals surface area (Å²) in [6.07, 6.45) is 0. The van der Waals surface area contributed by atoms with Crippen molar-refractivity contribution in [3.63, 3.8) is 0 Å². The van der Waals surface area contributed by atoms with Crippen LogP contribution >= 0.6 is 11.3 Å². The summed E-state index contributed by atoms with van der Waals surface area (Å²) in [5.41, 5.74) is 2.30. The summed E-state index contributed by atoms with van der Waals surface area (Å²) in [5, 5.41) is 3.59. The number of imidazole rings is 1. The third-order valence-electron chi connectivity index (χ3n) is 3.77. The smallest absolute Gasteiger partial charge is 0.126 e. The van der Waals surface area contributed by atoms with Gasteiger partial charge in [0.2, 0.25) is 0 Å². The standard InChI is InChI=1S/C17H21N3S/c1-4-20-16-8-6-5-7-15(16)19-17(20)13(3)18-11-14-10-9-12(2)21-14/h5-10,13,18H,4,11H2,1-3H3. The van der Waals surface area contributed by atoms with E-state index in [9.17, 15) is 0 Å². The van der Waals surface area contributed by atoms with Crippen LogP contribution in [0.2, 0.25) is 0 Å². The maximum absolute atomic E-state index is 4.80. The second-order valence-electron chi connectivity index (χ2n) is 5.32. The molecule has 3 rings (SSSR count). The van der Waals surface area contributed by atoms with Gasteiger partial charge in [-0.2, -0.15) is 0 Å². The number of nitrogens with one attached hydrogen (secondary N) is 1. The van der Waals surface area contributed by atoms with Gasteiger partial charge in [-0.05, 0) is 45.0 Å². The van der Waals surface area contributed by atoms with E-state index in [1.54, 1.807) is 0 Å². The molecule has 0 amide bonds. The first-order valence-electron chi connectivity index (χ1n) is 7.43. The van der Waals surface area contributed by atoms with Crippen LogP contribution in [0.4, 0.5) is 0 Å². The van der Waals surface area contributed by atoms with E-state index in [0.717, 1.165) is 24.4 Å². The summed E-state index contributed by atoms with van der Waals surface area (Å²) < 4.78 is 2.30. The number of nitrogens with zero attached hydrogens (tertiary/aromatic N) is 2. The molecule has 4 heteroatoms. The fourth-order valence-corrected chi connectivity index (χ4v) is 3.52. The number of thiophene rings is 1. The summed E-state index contributed by atoms with van der Waals surface area (Å²) in [4.78, 5) is 7.54. The second-order valence-corrected chi connectivity index (χ2v) is 6.69. The van der Waals surface area contributed by atoms with Crippen LogP contribution in [0.1, 0.15) is 35.5 Å². The Labute approximate surface area is 129 Å². The number of hydrogen-bond acceptors (Lipinski definition) is 3. The van der Waals surface area contributed by atoms with Gasteiger partial charge in [-0.25, -0.2) is 4.98 Å². The quantitative estimate of drug-likeness (QED) is 0.762. The molecule has 0 aliphatic carbocycles. The molecular weight excluding hydrogens is 278 g/mol. The van der Waals surface area contributed by atoms with Gasteiger partial charge in [-0.1, -0.05) is 12.1 Å². The van der Waals surface area contributed by atoms with Gasteiger partial charge in [0.25, 0.3) is 0 Å². The molecule has 21 heavy (non-hydrogen) atoms. The lowest BCUT2D eigenvalue weighted by molar-refractivity contribution is 0.524. The van der Waals surface area contributed by atoms with Gasteiger partial charge in [-0.3, -0.25) is 0 Å². The zero-order valence-corrected chi connectivity index (χ0v) is 13.6. The highest BCUT2D eigenvalue weighted by Gasteiger charge is 2.15. The number of aromatic nitrogens is 2. The number of para-hydroxylation sites is 2. The predicted molar refractivity (Wildman–Crippen MR) is 89.7 cm³/mol. The summed E-state index contributed by atoms with van der Waals surface area (Å²) in [5.74, 6) is 1.12. The van der Waals surface area contributed by atoms with Crippen LogP contribution in [-0.4, -0.2) is 9.55 Å². The highest BCUT2D eigenvalue weighted by atomic mass is 32.1. The van der Waals surface area contributed by atoms with Crippen molar-refractivity contribution in [2.75, 3.05) is 0 Å². The first-order valence-corrected chi connectivity index (χ1v) is 8.24. The lowest BCUT2D eigenvalue weighted by Crippen LogP contribution is -2.21. The molecule has 3 nitrogen and oxygen atoms in total. The van der Waals surface area contributed by atoms with Crippen LogP contribution < -0.4 is 5.32 Å². The van der Waals surface area contributed by atoms with Gasteiger partial charge in [-0.15, -0.1) is 11.3 Å². The Kier molecular flexibility index (Phi) is 4.08. The average Bonchev–Trinajstić information content (AvgIpc) is 3.07. The largest absolute Gasteiger partial charge is 0.327 e. The van der Waals surface area contributed by atoms with Crippen molar-refractivity contribution in [1.29, 1.82) is 0 Å². The third-order valence-corrected chi connectivity index (χ3v) is 4.77. The van der Waals surface area contributed by atoms with Crippen LogP contribution in [0.3, 0.4) is 0 Å². The Morgan fingerprint density at radius 3 is 2.76 bits per heavy atom. The molecular formula is C17H21N3S. The van der Waals surface area contributed by atoms with Crippen LogP contribution in [0.5, 0.6) is 0 Å².